The highest BCUT2D eigenvalue weighted by atomic mass is 35.5. The maximum Gasteiger partial charge on any atom is 0.253 e. The van der Waals surface area contributed by atoms with Crippen molar-refractivity contribution < 1.29 is 4.79 Å². The van der Waals surface area contributed by atoms with Gasteiger partial charge in [-0.25, -0.2) is 0 Å². The Hall–Kier alpha value is -1.06. The molecule has 1 heterocycles. The van der Waals surface area contributed by atoms with Gasteiger partial charge in [-0.2, -0.15) is 0 Å². The fourth-order valence-corrected chi connectivity index (χ4v) is 2.32. The van der Waals surface area contributed by atoms with E-state index in [9.17, 15) is 4.79 Å². The molecular formula is C16H25ClN2O. The Balaban J connectivity index is 0.00000200. The van der Waals surface area contributed by atoms with Crippen LogP contribution < -0.4 is 5.32 Å². The summed E-state index contributed by atoms with van der Waals surface area (Å²) in [6, 6.07) is 8.13. The first-order valence-electron chi connectivity index (χ1n) is 7.15. The van der Waals surface area contributed by atoms with E-state index in [0.717, 1.165) is 38.2 Å². The van der Waals surface area contributed by atoms with Crippen molar-refractivity contribution in [2.75, 3.05) is 26.2 Å². The number of benzene rings is 1. The van der Waals surface area contributed by atoms with E-state index < -0.39 is 0 Å². The van der Waals surface area contributed by atoms with E-state index >= 15 is 0 Å². The second-order valence-corrected chi connectivity index (χ2v) is 5.86. The van der Waals surface area contributed by atoms with Gasteiger partial charge in [-0.1, -0.05) is 32.9 Å². The lowest BCUT2D eigenvalue weighted by molar-refractivity contribution is 0.0736. The molecule has 0 aliphatic carbocycles. The molecule has 0 unspecified atom stereocenters. The maximum absolute atomic E-state index is 12.3. The molecule has 0 atom stereocenters. The van der Waals surface area contributed by atoms with Gasteiger partial charge in [0.05, 0.1) is 0 Å². The van der Waals surface area contributed by atoms with E-state index in [1.165, 1.54) is 5.56 Å². The number of carbonyl (C=O) groups is 1. The third-order valence-electron chi connectivity index (χ3n) is 4.20. The van der Waals surface area contributed by atoms with Gasteiger partial charge in [0.15, 0.2) is 0 Å². The van der Waals surface area contributed by atoms with Crippen LogP contribution in [0.3, 0.4) is 0 Å². The van der Waals surface area contributed by atoms with Crippen LogP contribution >= 0.6 is 12.4 Å². The molecule has 0 spiro atoms. The summed E-state index contributed by atoms with van der Waals surface area (Å²) in [7, 11) is 0. The van der Waals surface area contributed by atoms with E-state index in [4.69, 9.17) is 0 Å². The molecule has 1 saturated heterocycles. The molecule has 2 rings (SSSR count). The lowest BCUT2D eigenvalue weighted by atomic mass is 9.82. The zero-order valence-corrected chi connectivity index (χ0v) is 13.4. The first kappa shape index (κ1) is 17.0. The number of piperazine rings is 1. The molecule has 1 N–H and O–H groups in total. The van der Waals surface area contributed by atoms with E-state index in [-0.39, 0.29) is 23.7 Å². The largest absolute Gasteiger partial charge is 0.336 e. The summed E-state index contributed by atoms with van der Waals surface area (Å²) < 4.78 is 0. The molecule has 1 aliphatic heterocycles. The van der Waals surface area contributed by atoms with E-state index in [1.807, 2.05) is 17.0 Å². The molecule has 3 nitrogen and oxygen atoms in total. The van der Waals surface area contributed by atoms with Gasteiger partial charge in [-0.15, -0.1) is 12.4 Å². The average molecular weight is 297 g/mol. The van der Waals surface area contributed by atoms with Crippen LogP contribution in [0.5, 0.6) is 0 Å². The van der Waals surface area contributed by atoms with Crippen molar-refractivity contribution >= 4 is 18.3 Å². The number of hydrogen-bond acceptors (Lipinski definition) is 2. The average Bonchev–Trinajstić information content (AvgIpc) is 2.47. The van der Waals surface area contributed by atoms with Gasteiger partial charge in [-0.05, 0) is 29.5 Å². The van der Waals surface area contributed by atoms with Crippen LogP contribution in [-0.2, 0) is 5.41 Å². The maximum atomic E-state index is 12.3. The van der Waals surface area contributed by atoms with Crippen LogP contribution in [0.2, 0.25) is 0 Å². The third kappa shape index (κ3) is 3.74. The minimum atomic E-state index is 0. The van der Waals surface area contributed by atoms with Gasteiger partial charge >= 0.3 is 0 Å². The molecule has 1 aromatic rings. The van der Waals surface area contributed by atoms with Crippen LogP contribution in [0.1, 0.15) is 43.1 Å². The van der Waals surface area contributed by atoms with Crippen molar-refractivity contribution in [2.24, 2.45) is 0 Å². The molecule has 1 aromatic carbocycles. The van der Waals surface area contributed by atoms with Crippen LogP contribution in [0.25, 0.3) is 0 Å². The van der Waals surface area contributed by atoms with Gasteiger partial charge in [0.2, 0.25) is 0 Å². The Morgan fingerprint density at radius 3 is 2.25 bits per heavy atom. The Morgan fingerprint density at radius 1 is 1.20 bits per heavy atom. The molecule has 0 radical (unpaired) electrons. The molecule has 112 valence electrons. The minimum Gasteiger partial charge on any atom is -0.336 e. The summed E-state index contributed by atoms with van der Waals surface area (Å²) >= 11 is 0. The first-order valence-corrected chi connectivity index (χ1v) is 7.15. The summed E-state index contributed by atoms with van der Waals surface area (Å²) in [6.07, 6.45) is 1.10. The van der Waals surface area contributed by atoms with Crippen LogP contribution in [0.15, 0.2) is 24.3 Å². The minimum absolute atomic E-state index is 0. The van der Waals surface area contributed by atoms with Crippen molar-refractivity contribution in [3.05, 3.63) is 35.4 Å². The third-order valence-corrected chi connectivity index (χ3v) is 4.20. The molecule has 4 heteroatoms. The fourth-order valence-electron chi connectivity index (χ4n) is 2.32. The summed E-state index contributed by atoms with van der Waals surface area (Å²) in [5, 5.41) is 3.26. The smallest absolute Gasteiger partial charge is 0.253 e. The molecule has 0 bridgehead atoms. The Bertz CT molecular complexity index is 436. The monoisotopic (exact) mass is 296 g/mol. The summed E-state index contributed by atoms with van der Waals surface area (Å²) in [5.41, 5.74) is 2.28. The number of carbonyl (C=O) groups excluding carboxylic acids is 1. The number of halogens is 1. The van der Waals surface area contributed by atoms with Crippen LogP contribution in [-0.4, -0.2) is 37.0 Å². The second kappa shape index (κ2) is 7.09. The van der Waals surface area contributed by atoms with Gasteiger partial charge in [0.1, 0.15) is 0 Å². The Morgan fingerprint density at radius 2 is 1.75 bits per heavy atom. The Kier molecular flexibility index (Phi) is 6.03. The van der Waals surface area contributed by atoms with Crippen LogP contribution in [0, 0.1) is 0 Å². The van der Waals surface area contributed by atoms with Gasteiger partial charge < -0.3 is 10.2 Å². The molecule has 1 amide bonds. The van der Waals surface area contributed by atoms with Crippen LogP contribution in [0.4, 0.5) is 0 Å². The summed E-state index contributed by atoms with van der Waals surface area (Å²) in [6.45, 7) is 10.1. The molecule has 0 saturated carbocycles. The van der Waals surface area contributed by atoms with Crippen molar-refractivity contribution in [1.29, 1.82) is 0 Å². The molecule has 20 heavy (non-hydrogen) atoms. The molecule has 1 fully saturated rings. The predicted octanol–water partition coefficient (Wildman–Crippen LogP) is 2.84. The molecule has 1 aliphatic rings. The van der Waals surface area contributed by atoms with Crippen molar-refractivity contribution in [2.45, 2.75) is 32.6 Å². The highest BCUT2D eigenvalue weighted by molar-refractivity contribution is 5.94. The number of nitrogens with zero attached hydrogens (tertiary/aromatic N) is 1. The molecular weight excluding hydrogens is 272 g/mol. The quantitative estimate of drug-likeness (QED) is 0.930. The number of nitrogens with one attached hydrogen (secondary N) is 1. The van der Waals surface area contributed by atoms with Crippen molar-refractivity contribution in [3.8, 4) is 0 Å². The normalized spacial score (nSPS) is 15.7. The standard InChI is InChI=1S/C16H24N2O.ClH/c1-4-16(2,3)14-7-5-13(6-8-14)15(19)18-11-9-17-10-12-18;/h5-8,17H,4,9-12H2,1-3H3;1H. The number of amides is 1. The SMILES string of the molecule is CCC(C)(C)c1ccc(C(=O)N2CCNCC2)cc1.Cl. The number of hydrogen-bond donors (Lipinski definition) is 1. The molecule has 0 aromatic heterocycles. The summed E-state index contributed by atoms with van der Waals surface area (Å²) in [4.78, 5) is 14.3. The Labute approximate surface area is 128 Å². The lowest BCUT2D eigenvalue weighted by Gasteiger charge is -2.28. The van der Waals surface area contributed by atoms with Gasteiger partial charge in [0, 0.05) is 31.7 Å². The highest BCUT2D eigenvalue weighted by Crippen LogP contribution is 2.26. The zero-order chi connectivity index (χ0) is 13.9. The predicted molar refractivity (Wildman–Crippen MR) is 85.8 cm³/mol. The van der Waals surface area contributed by atoms with Crippen molar-refractivity contribution in [1.82, 2.24) is 10.2 Å². The zero-order valence-electron chi connectivity index (χ0n) is 12.6. The first-order chi connectivity index (χ1) is 9.04. The summed E-state index contributed by atoms with van der Waals surface area (Å²) in [5.74, 6) is 0.155. The van der Waals surface area contributed by atoms with E-state index in [2.05, 4.69) is 38.2 Å². The fraction of sp³-hybridized carbons (Fsp3) is 0.562. The number of rotatable bonds is 3. The van der Waals surface area contributed by atoms with E-state index in [0.29, 0.717) is 0 Å². The second-order valence-electron chi connectivity index (χ2n) is 5.86. The van der Waals surface area contributed by atoms with Crippen molar-refractivity contribution in [3.63, 3.8) is 0 Å². The van der Waals surface area contributed by atoms with Gasteiger partial charge in [0.25, 0.3) is 5.91 Å². The lowest BCUT2D eigenvalue weighted by Crippen LogP contribution is -2.46. The topological polar surface area (TPSA) is 32.3 Å². The highest BCUT2D eigenvalue weighted by Gasteiger charge is 2.20. The van der Waals surface area contributed by atoms with Gasteiger partial charge in [-0.3, -0.25) is 4.79 Å². The van der Waals surface area contributed by atoms with E-state index in [1.54, 1.807) is 0 Å².